The van der Waals surface area contributed by atoms with E-state index in [1.165, 1.54) is 0 Å². The summed E-state index contributed by atoms with van der Waals surface area (Å²) in [6.45, 7) is 5.48. The highest BCUT2D eigenvalue weighted by Gasteiger charge is 2.31. The number of rotatable bonds is 4. The molecule has 29 heavy (non-hydrogen) atoms. The van der Waals surface area contributed by atoms with Crippen LogP contribution < -0.4 is 4.90 Å². The first-order valence-corrected chi connectivity index (χ1v) is 9.96. The van der Waals surface area contributed by atoms with Crippen LogP contribution in [0.5, 0.6) is 0 Å². The number of amides is 2. The van der Waals surface area contributed by atoms with Crippen LogP contribution in [0.1, 0.15) is 25.0 Å². The predicted octanol–water partition coefficient (Wildman–Crippen LogP) is 2.14. The van der Waals surface area contributed by atoms with Crippen molar-refractivity contribution in [3.05, 3.63) is 58.7 Å². The third-order valence-corrected chi connectivity index (χ3v) is 5.53. The van der Waals surface area contributed by atoms with E-state index in [1.807, 2.05) is 55.3 Å². The highest BCUT2D eigenvalue weighted by molar-refractivity contribution is 6.21. The summed E-state index contributed by atoms with van der Waals surface area (Å²) in [5.41, 5.74) is 5.25. The van der Waals surface area contributed by atoms with Crippen LogP contribution in [0, 0.1) is 0 Å². The molecule has 2 amide bonds. The number of anilines is 1. The molecule has 3 heterocycles. The van der Waals surface area contributed by atoms with Crippen LogP contribution in [0.3, 0.4) is 0 Å². The van der Waals surface area contributed by atoms with Gasteiger partial charge in [-0.3, -0.25) is 14.6 Å². The molecule has 1 aromatic rings. The highest BCUT2D eigenvalue weighted by atomic mass is 16.3. The fourth-order valence-electron chi connectivity index (χ4n) is 4.01. The first kappa shape index (κ1) is 19.3. The molecule has 150 valence electrons. The van der Waals surface area contributed by atoms with E-state index in [2.05, 4.69) is 11.1 Å². The lowest BCUT2D eigenvalue weighted by Crippen LogP contribution is -2.41. The minimum Gasteiger partial charge on any atom is -0.395 e. The molecule has 0 bridgehead atoms. The van der Waals surface area contributed by atoms with Gasteiger partial charge in [-0.15, -0.1) is 0 Å². The van der Waals surface area contributed by atoms with Gasteiger partial charge in [0.05, 0.1) is 19.6 Å². The van der Waals surface area contributed by atoms with Crippen molar-refractivity contribution in [1.29, 1.82) is 0 Å². The van der Waals surface area contributed by atoms with Gasteiger partial charge in [-0.25, -0.2) is 0 Å². The summed E-state index contributed by atoms with van der Waals surface area (Å²) in [5.74, 6) is -0.0251. The monoisotopic (exact) mass is 391 g/mol. The maximum atomic E-state index is 13.2. The molecule has 4 rings (SSSR count). The lowest BCUT2D eigenvalue weighted by molar-refractivity contribution is -0.126. The maximum Gasteiger partial charge on any atom is 0.255 e. The SMILES string of the molecule is CC(C)N1CC(=C2C=CCN=C2)C=C(c2ccc3c(c2)CC(=O)N3CCO)C1=O. The first-order valence-electron chi connectivity index (χ1n) is 9.96. The van der Waals surface area contributed by atoms with E-state index in [4.69, 9.17) is 0 Å². The Morgan fingerprint density at radius 2 is 2.07 bits per heavy atom. The van der Waals surface area contributed by atoms with Crippen molar-refractivity contribution < 1.29 is 14.7 Å². The minimum atomic E-state index is -0.0775. The summed E-state index contributed by atoms with van der Waals surface area (Å²) in [6.07, 6.45) is 8.19. The molecule has 0 aromatic heterocycles. The molecule has 6 nitrogen and oxygen atoms in total. The highest BCUT2D eigenvalue weighted by Crippen LogP contribution is 2.34. The number of hydrogen-bond acceptors (Lipinski definition) is 4. The zero-order valence-electron chi connectivity index (χ0n) is 16.8. The van der Waals surface area contributed by atoms with Crippen LogP contribution in [-0.4, -0.2) is 60.3 Å². The van der Waals surface area contributed by atoms with E-state index in [0.717, 1.165) is 28.0 Å². The third-order valence-electron chi connectivity index (χ3n) is 5.53. The number of allylic oxidation sites excluding steroid dienone is 2. The zero-order chi connectivity index (χ0) is 20.5. The van der Waals surface area contributed by atoms with Crippen molar-refractivity contribution in [3.8, 4) is 0 Å². The largest absolute Gasteiger partial charge is 0.395 e. The van der Waals surface area contributed by atoms with E-state index in [9.17, 15) is 14.7 Å². The zero-order valence-corrected chi connectivity index (χ0v) is 16.8. The molecular weight excluding hydrogens is 366 g/mol. The van der Waals surface area contributed by atoms with Gasteiger partial charge in [0.2, 0.25) is 5.91 Å². The molecule has 3 aliphatic rings. The number of carbonyl (C=O) groups is 2. The number of carbonyl (C=O) groups excluding carboxylic acids is 2. The fourth-order valence-corrected chi connectivity index (χ4v) is 4.01. The maximum absolute atomic E-state index is 13.2. The molecule has 0 aliphatic carbocycles. The number of fused-ring (bicyclic) bond motifs is 1. The van der Waals surface area contributed by atoms with Crippen molar-refractivity contribution in [1.82, 2.24) is 4.90 Å². The Balaban J connectivity index is 1.77. The number of aliphatic hydroxyl groups excluding tert-OH is 1. The van der Waals surface area contributed by atoms with Crippen molar-refractivity contribution in [2.24, 2.45) is 4.99 Å². The fraction of sp³-hybridized carbons (Fsp3) is 0.348. The summed E-state index contributed by atoms with van der Waals surface area (Å²) in [7, 11) is 0. The van der Waals surface area contributed by atoms with Gasteiger partial charge < -0.3 is 14.9 Å². The number of β-amino-alcohol motifs (C(OH)–C–C–N with tert-alkyl or cyclic N) is 1. The standard InChI is InChI=1S/C23H25N3O3/c1-15(2)26-14-19(17-4-3-7-24-13-17)11-20(23(26)29)16-5-6-21-18(10-16)12-22(28)25(21)8-9-27/h3-6,10-11,13,15,27H,7-9,12,14H2,1-2H3. The molecule has 0 saturated carbocycles. The van der Waals surface area contributed by atoms with Gasteiger partial charge in [-0.2, -0.15) is 0 Å². The molecule has 1 aromatic carbocycles. The van der Waals surface area contributed by atoms with Crippen molar-refractivity contribution in [2.45, 2.75) is 26.3 Å². The Bertz CT molecular complexity index is 971. The lowest BCUT2D eigenvalue weighted by Gasteiger charge is -2.33. The number of nitrogens with zero attached hydrogens (tertiary/aromatic N) is 3. The van der Waals surface area contributed by atoms with E-state index in [-0.39, 0.29) is 31.0 Å². The predicted molar refractivity (Wildman–Crippen MR) is 114 cm³/mol. The molecule has 6 heteroatoms. The molecule has 0 saturated heterocycles. The van der Waals surface area contributed by atoms with E-state index in [1.54, 1.807) is 4.90 Å². The van der Waals surface area contributed by atoms with Crippen molar-refractivity contribution in [3.63, 3.8) is 0 Å². The van der Waals surface area contributed by atoms with Gasteiger partial charge >= 0.3 is 0 Å². The Hall–Kier alpha value is -2.99. The van der Waals surface area contributed by atoms with Gasteiger partial charge in [0.1, 0.15) is 0 Å². The Morgan fingerprint density at radius 1 is 1.24 bits per heavy atom. The smallest absolute Gasteiger partial charge is 0.255 e. The van der Waals surface area contributed by atoms with Crippen LogP contribution in [-0.2, 0) is 16.0 Å². The molecule has 0 spiro atoms. The summed E-state index contributed by atoms with van der Waals surface area (Å²) < 4.78 is 0. The second kappa shape index (κ2) is 7.79. The van der Waals surface area contributed by atoms with E-state index < -0.39 is 0 Å². The van der Waals surface area contributed by atoms with Crippen LogP contribution in [0.4, 0.5) is 5.69 Å². The van der Waals surface area contributed by atoms with Crippen LogP contribution >= 0.6 is 0 Å². The quantitative estimate of drug-likeness (QED) is 0.855. The second-order valence-corrected chi connectivity index (χ2v) is 7.75. The summed E-state index contributed by atoms with van der Waals surface area (Å²) >= 11 is 0. The Kier molecular flexibility index (Phi) is 5.20. The van der Waals surface area contributed by atoms with Crippen molar-refractivity contribution in [2.75, 3.05) is 31.1 Å². The normalized spacial score (nSPS) is 21.3. The number of dihydropyridines is 1. The topological polar surface area (TPSA) is 73.2 Å². The first-order chi connectivity index (χ1) is 14.0. The van der Waals surface area contributed by atoms with Crippen LogP contribution in [0.25, 0.3) is 5.57 Å². The average Bonchev–Trinajstić information content (AvgIpc) is 3.03. The molecule has 0 fully saturated rings. The Morgan fingerprint density at radius 3 is 2.76 bits per heavy atom. The van der Waals surface area contributed by atoms with Crippen LogP contribution in [0.15, 0.2) is 52.6 Å². The van der Waals surface area contributed by atoms with Gasteiger partial charge in [0, 0.05) is 36.6 Å². The second-order valence-electron chi connectivity index (χ2n) is 7.75. The number of aliphatic hydroxyl groups is 1. The number of benzene rings is 1. The summed E-state index contributed by atoms with van der Waals surface area (Å²) in [6, 6.07) is 5.78. The minimum absolute atomic E-state index is 0.00225. The van der Waals surface area contributed by atoms with Gasteiger partial charge in [-0.1, -0.05) is 18.2 Å². The molecular formula is C23H25N3O3. The van der Waals surface area contributed by atoms with E-state index in [0.29, 0.717) is 25.1 Å². The lowest BCUT2D eigenvalue weighted by atomic mass is 9.92. The molecule has 0 unspecified atom stereocenters. The molecule has 1 N–H and O–H groups in total. The molecule has 0 atom stereocenters. The van der Waals surface area contributed by atoms with Gasteiger partial charge in [0.15, 0.2) is 0 Å². The number of aliphatic imine (C=N–C) groups is 1. The Labute approximate surface area is 170 Å². The summed E-state index contributed by atoms with van der Waals surface area (Å²) in [5, 5.41) is 9.22. The summed E-state index contributed by atoms with van der Waals surface area (Å²) in [4.78, 5) is 33.3. The number of hydrogen-bond donors (Lipinski definition) is 1. The van der Waals surface area contributed by atoms with Crippen LogP contribution in [0.2, 0.25) is 0 Å². The van der Waals surface area contributed by atoms with Gasteiger partial charge in [0.25, 0.3) is 5.91 Å². The van der Waals surface area contributed by atoms with Gasteiger partial charge in [-0.05, 0) is 54.3 Å². The van der Waals surface area contributed by atoms with E-state index >= 15 is 0 Å². The molecule has 3 aliphatic heterocycles. The molecule has 0 radical (unpaired) electrons. The third kappa shape index (κ3) is 3.56. The van der Waals surface area contributed by atoms with Crippen molar-refractivity contribution >= 4 is 29.3 Å². The average molecular weight is 391 g/mol.